The molecule has 2 atom stereocenters. The van der Waals surface area contributed by atoms with E-state index in [2.05, 4.69) is 25.6 Å². The number of aliphatic hydroxyl groups excluding tert-OH is 1. The molecule has 0 aliphatic carbocycles. The first-order valence-corrected chi connectivity index (χ1v) is 8.83. The standard InChI is InChI=1S/C19H18F3N5O.ClH/c20-19(21,22)13-3-1-11(2-4-13)14-8-26-18(17-16(14)24-5-6-25-17)27-15-9-23-7-12(15)10-28;/h1-6,8,12,15,23,28H,7,9-10H2,(H,26,27);1H/t12-,15+;/m0./s1. The molecule has 154 valence electrons. The lowest BCUT2D eigenvalue weighted by Gasteiger charge is -2.19. The van der Waals surface area contributed by atoms with E-state index in [4.69, 9.17) is 0 Å². The van der Waals surface area contributed by atoms with E-state index in [1.807, 2.05) is 0 Å². The summed E-state index contributed by atoms with van der Waals surface area (Å²) in [5, 5.41) is 16.0. The molecule has 1 aliphatic rings. The van der Waals surface area contributed by atoms with Crippen LogP contribution in [0.4, 0.5) is 19.0 Å². The van der Waals surface area contributed by atoms with Gasteiger partial charge in [-0.2, -0.15) is 13.2 Å². The maximum atomic E-state index is 12.8. The van der Waals surface area contributed by atoms with Crippen LogP contribution < -0.4 is 10.6 Å². The average Bonchev–Trinajstić information content (AvgIpc) is 3.15. The fourth-order valence-corrected chi connectivity index (χ4v) is 3.38. The molecule has 2 aromatic heterocycles. The first-order chi connectivity index (χ1) is 13.5. The van der Waals surface area contributed by atoms with Crippen molar-refractivity contribution < 1.29 is 18.3 Å². The minimum absolute atomic E-state index is 0. The molecule has 0 spiro atoms. The lowest BCUT2D eigenvalue weighted by atomic mass is 10.0. The summed E-state index contributed by atoms with van der Waals surface area (Å²) >= 11 is 0. The molecule has 1 saturated heterocycles. The number of nitrogens with one attached hydrogen (secondary N) is 2. The Labute approximate surface area is 171 Å². The summed E-state index contributed by atoms with van der Waals surface area (Å²) in [4.78, 5) is 13.2. The molecule has 3 aromatic rings. The van der Waals surface area contributed by atoms with Gasteiger partial charge in [-0.3, -0.25) is 4.98 Å². The second-order valence-electron chi connectivity index (χ2n) is 6.70. The first kappa shape index (κ1) is 21.2. The van der Waals surface area contributed by atoms with E-state index in [1.165, 1.54) is 18.3 Å². The van der Waals surface area contributed by atoms with Gasteiger partial charge in [0, 0.05) is 55.8 Å². The quantitative estimate of drug-likeness (QED) is 0.595. The second-order valence-corrected chi connectivity index (χ2v) is 6.70. The molecule has 1 aliphatic heterocycles. The number of alkyl halides is 3. The zero-order valence-electron chi connectivity index (χ0n) is 15.1. The van der Waals surface area contributed by atoms with Crippen molar-refractivity contribution in [2.75, 3.05) is 25.0 Å². The molecule has 3 heterocycles. The summed E-state index contributed by atoms with van der Waals surface area (Å²) in [6.45, 7) is 1.45. The molecule has 0 radical (unpaired) electrons. The third-order valence-electron chi connectivity index (χ3n) is 4.92. The maximum Gasteiger partial charge on any atom is 0.416 e. The predicted octanol–water partition coefficient (Wildman–Crippen LogP) is 3.12. The van der Waals surface area contributed by atoms with E-state index in [0.29, 0.717) is 41.1 Å². The van der Waals surface area contributed by atoms with Crippen molar-refractivity contribution in [3.8, 4) is 11.1 Å². The molecule has 29 heavy (non-hydrogen) atoms. The number of nitrogens with zero attached hydrogens (tertiary/aromatic N) is 3. The lowest BCUT2D eigenvalue weighted by Crippen LogP contribution is -2.30. The Bertz CT molecular complexity index is 984. The molecular formula is C19H19ClF3N5O. The summed E-state index contributed by atoms with van der Waals surface area (Å²) in [6.07, 6.45) is 0.277. The Morgan fingerprint density at radius 3 is 2.38 bits per heavy atom. The Balaban J connectivity index is 0.00000240. The molecular weight excluding hydrogens is 407 g/mol. The summed E-state index contributed by atoms with van der Waals surface area (Å²) in [5.74, 6) is 0.592. The van der Waals surface area contributed by atoms with E-state index >= 15 is 0 Å². The van der Waals surface area contributed by atoms with Gasteiger partial charge in [0.1, 0.15) is 11.0 Å². The number of hydrogen-bond donors (Lipinski definition) is 3. The SMILES string of the molecule is Cl.OC[C@@H]1CNC[C@H]1Nc1ncc(-c2ccc(C(F)(F)F)cc2)c2nccnc12. The number of hydrogen-bond acceptors (Lipinski definition) is 6. The Morgan fingerprint density at radius 2 is 1.72 bits per heavy atom. The minimum atomic E-state index is -4.38. The van der Waals surface area contributed by atoms with Crippen LogP contribution in [0.2, 0.25) is 0 Å². The van der Waals surface area contributed by atoms with Crippen molar-refractivity contribution in [1.82, 2.24) is 20.3 Å². The van der Waals surface area contributed by atoms with Gasteiger partial charge in [0.05, 0.1) is 5.56 Å². The fraction of sp³-hybridized carbons (Fsp3) is 0.316. The number of aliphatic hydroxyl groups is 1. The predicted molar refractivity (Wildman–Crippen MR) is 106 cm³/mol. The molecule has 4 rings (SSSR count). The van der Waals surface area contributed by atoms with Gasteiger partial charge in [-0.05, 0) is 17.7 Å². The van der Waals surface area contributed by atoms with Gasteiger partial charge in [-0.15, -0.1) is 12.4 Å². The van der Waals surface area contributed by atoms with E-state index in [-0.39, 0.29) is 31.0 Å². The molecule has 3 N–H and O–H groups in total. The number of aromatic nitrogens is 3. The molecule has 1 fully saturated rings. The van der Waals surface area contributed by atoms with E-state index in [9.17, 15) is 18.3 Å². The first-order valence-electron chi connectivity index (χ1n) is 8.83. The van der Waals surface area contributed by atoms with Gasteiger partial charge < -0.3 is 15.7 Å². The van der Waals surface area contributed by atoms with Crippen molar-refractivity contribution in [2.24, 2.45) is 5.92 Å². The van der Waals surface area contributed by atoms with Crippen molar-refractivity contribution in [2.45, 2.75) is 12.2 Å². The summed E-state index contributed by atoms with van der Waals surface area (Å²) in [6, 6.07) is 4.90. The Hall–Kier alpha value is -2.49. The summed E-state index contributed by atoms with van der Waals surface area (Å²) in [5.41, 5.74) is 1.55. The minimum Gasteiger partial charge on any atom is -0.396 e. The molecule has 0 saturated carbocycles. The van der Waals surface area contributed by atoms with Crippen LogP contribution >= 0.6 is 12.4 Å². The monoisotopic (exact) mass is 425 g/mol. The van der Waals surface area contributed by atoms with Crippen molar-refractivity contribution in [3.05, 3.63) is 48.4 Å². The Morgan fingerprint density at radius 1 is 1.03 bits per heavy atom. The number of halogens is 4. The topological polar surface area (TPSA) is 83.0 Å². The second kappa shape index (κ2) is 8.48. The van der Waals surface area contributed by atoms with Crippen LogP contribution in [0.5, 0.6) is 0 Å². The van der Waals surface area contributed by atoms with Crippen molar-refractivity contribution in [1.29, 1.82) is 0 Å². The summed E-state index contributed by atoms with van der Waals surface area (Å²) in [7, 11) is 0. The number of pyridine rings is 1. The van der Waals surface area contributed by atoms with E-state index in [1.54, 1.807) is 12.4 Å². The smallest absolute Gasteiger partial charge is 0.396 e. The highest BCUT2D eigenvalue weighted by atomic mass is 35.5. The fourth-order valence-electron chi connectivity index (χ4n) is 3.38. The highest BCUT2D eigenvalue weighted by Crippen LogP contribution is 2.33. The van der Waals surface area contributed by atoms with Crippen molar-refractivity contribution in [3.63, 3.8) is 0 Å². The van der Waals surface area contributed by atoms with E-state index in [0.717, 1.165) is 12.1 Å². The largest absolute Gasteiger partial charge is 0.416 e. The molecule has 0 bridgehead atoms. The molecule has 6 nitrogen and oxygen atoms in total. The number of fused-ring (bicyclic) bond motifs is 1. The van der Waals surface area contributed by atoms with Gasteiger partial charge in [0.2, 0.25) is 0 Å². The molecule has 10 heteroatoms. The Kier molecular flexibility index (Phi) is 6.21. The van der Waals surface area contributed by atoms with Crippen LogP contribution in [0.1, 0.15) is 5.56 Å². The van der Waals surface area contributed by atoms with Crippen LogP contribution in [-0.4, -0.2) is 45.8 Å². The molecule has 1 aromatic carbocycles. The zero-order chi connectivity index (χ0) is 19.7. The van der Waals surface area contributed by atoms with Gasteiger partial charge >= 0.3 is 6.18 Å². The number of rotatable bonds is 4. The number of anilines is 1. The summed E-state index contributed by atoms with van der Waals surface area (Å²) < 4.78 is 38.4. The van der Waals surface area contributed by atoms with Gasteiger partial charge in [0.15, 0.2) is 5.82 Å². The van der Waals surface area contributed by atoms with Gasteiger partial charge in [-0.1, -0.05) is 12.1 Å². The van der Waals surface area contributed by atoms with E-state index < -0.39 is 11.7 Å². The number of benzene rings is 1. The molecule has 0 amide bonds. The van der Waals surface area contributed by atoms with Gasteiger partial charge in [0.25, 0.3) is 0 Å². The zero-order valence-corrected chi connectivity index (χ0v) is 16.0. The van der Waals surface area contributed by atoms with Crippen LogP contribution in [0.3, 0.4) is 0 Å². The molecule has 0 unspecified atom stereocenters. The third kappa shape index (κ3) is 4.26. The highest BCUT2D eigenvalue weighted by Gasteiger charge is 2.30. The van der Waals surface area contributed by atoms with Crippen LogP contribution in [0.15, 0.2) is 42.9 Å². The average molecular weight is 426 g/mol. The van der Waals surface area contributed by atoms with Crippen LogP contribution in [0, 0.1) is 5.92 Å². The third-order valence-corrected chi connectivity index (χ3v) is 4.92. The van der Waals surface area contributed by atoms with Crippen molar-refractivity contribution >= 4 is 29.3 Å². The highest BCUT2D eigenvalue weighted by molar-refractivity contribution is 5.96. The lowest BCUT2D eigenvalue weighted by molar-refractivity contribution is -0.137. The van der Waals surface area contributed by atoms with Crippen LogP contribution in [0.25, 0.3) is 22.2 Å². The maximum absolute atomic E-state index is 12.8. The van der Waals surface area contributed by atoms with Gasteiger partial charge in [-0.25, -0.2) is 9.97 Å². The normalized spacial score (nSPS) is 19.2. The van der Waals surface area contributed by atoms with Crippen LogP contribution in [-0.2, 0) is 6.18 Å².